The van der Waals surface area contributed by atoms with E-state index in [0.29, 0.717) is 5.92 Å². The van der Waals surface area contributed by atoms with Crippen molar-refractivity contribution < 1.29 is 0 Å². The average Bonchev–Trinajstić information content (AvgIpc) is 3.25. The van der Waals surface area contributed by atoms with Gasteiger partial charge in [-0.25, -0.2) is 0 Å². The zero-order valence-electron chi connectivity index (χ0n) is 16.8. The lowest BCUT2D eigenvalue weighted by Gasteiger charge is -2.45. The molecule has 0 amide bonds. The molecular formula is C22H33N5. The summed E-state index contributed by atoms with van der Waals surface area (Å²) in [6.07, 6.45) is 7.28. The molecule has 2 atom stereocenters. The Balaban J connectivity index is 1.40. The van der Waals surface area contributed by atoms with Crippen molar-refractivity contribution in [2.24, 2.45) is 5.92 Å². The van der Waals surface area contributed by atoms with Gasteiger partial charge in [0, 0.05) is 31.4 Å². The monoisotopic (exact) mass is 367 g/mol. The fourth-order valence-electron chi connectivity index (χ4n) is 4.79. The van der Waals surface area contributed by atoms with E-state index in [-0.39, 0.29) is 5.41 Å². The molecule has 2 aromatic rings. The van der Waals surface area contributed by atoms with Gasteiger partial charge < -0.3 is 9.80 Å². The second-order valence-corrected chi connectivity index (χ2v) is 8.71. The summed E-state index contributed by atoms with van der Waals surface area (Å²) in [5, 5.41) is 10.9. The van der Waals surface area contributed by atoms with E-state index in [9.17, 15) is 0 Å². The molecular weight excluding hydrogens is 334 g/mol. The third-order valence-electron chi connectivity index (χ3n) is 6.98. The average molecular weight is 368 g/mol. The molecule has 2 aliphatic heterocycles. The summed E-state index contributed by atoms with van der Waals surface area (Å²) in [5.74, 6) is 0.639. The molecule has 2 unspecified atom stereocenters. The van der Waals surface area contributed by atoms with Crippen molar-refractivity contribution in [2.75, 3.05) is 39.3 Å². The Kier molecular flexibility index (Phi) is 5.60. The number of H-pyrrole nitrogens is 1. The maximum absolute atomic E-state index is 4.18. The Hall–Kier alpha value is -1.72. The Bertz CT molecular complexity index is 722. The van der Waals surface area contributed by atoms with Crippen LogP contribution in [0.1, 0.15) is 45.1 Å². The van der Waals surface area contributed by atoms with Crippen molar-refractivity contribution in [3.63, 3.8) is 0 Å². The molecule has 1 aromatic heterocycles. The Morgan fingerprint density at radius 1 is 1.11 bits per heavy atom. The maximum Gasteiger partial charge on any atom is 0.112 e. The summed E-state index contributed by atoms with van der Waals surface area (Å²) in [6.45, 7) is 12.3. The van der Waals surface area contributed by atoms with Gasteiger partial charge in [0.1, 0.15) is 5.69 Å². The molecule has 27 heavy (non-hydrogen) atoms. The van der Waals surface area contributed by atoms with E-state index in [2.05, 4.69) is 63.3 Å². The number of hydrogen-bond donors (Lipinski definition) is 1. The van der Waals surface area contributed by atoms with Gasteiger partial charge in [0.2, 0.25) is 0 Å². The van der Waals surface area contributed by atoms with E-state index in [1.165, 1.54) is 70.5 Å². The third-order valence-corrected chi connectivity index (χ3v) is 6.98. The lowest BCUT2D eigenvalue weighted by atomic mass is 9.68. The van der Waals surface area contributed by atoms with Crippen LogP contribution in [0.2, 0.25) is 0 Å². The largest absolute Gasteiger partial charge is 0.302 e. The van der Waals surface area contributed by atoms with E-state index in [4.69, 9.17) is 0 Å². The van der Waals surface area contributed by atoms with E-state index in [1.54, 1.807) is 0 Å². The molecule has 0 aliphatic carbocycles. The van der Waals surface area contributed by atoms with Gasteiger partial charge in [0.25, 0.3) is 0 Å². The van der Waals surface area contributed by atoms with Gasteiger partial charge in [-0.2, -0.15) is 0 Å². The lowest BCUT2D eigenvalue weighted by Crippen LogP contribution is -2.49. The molecule has 0 saturated carbocycles. The van der Waals surface area contributed by atoms with Crippen molar-refractivity contribution in [1.29, 1.82) is 0 Å². The molecule has 5 heteroatoms. The summed E-state index contributed by atoms with van der Waals surface area (Å²) >= 11 is 0. The topological polar surface area (TPSA) is 48.0 Å². The van der Waals surface area contributed by atoms with Gasteiger partial charge in [0.15, 0.2) is 0 Å². The van der Waals surface area contributed by atoms with E-state index < -0.39 is 0 Å². The highest BCUT2D eigenvalue weighted by Gasteiger charge is 2.38. The van der Waals surface area contributed by atoms with Crippen LogP contribution in [0, 0.1) is 5.92 Å². The summed E-state index contributed by atoms with van der Waals surface area (Å²) in [4.78, 5) is 5.34. The minimum Gasteiger partial charge on any atom is -0.302 e. The molecule has 146 valence electrons. The highest BCUT2D eigenvalue weighted by atomic mass is 15.3. The normalized spacial score (nSPS) is 27.7. The highest BCUT2D eigenvalue weighted by molar-refractivity contribution is 5.59. The molecule has 1 aromatic carbocycles. The van der Waals surface area contributed by atoms with Crippen molar-refractivity contribution in [2.45, 2.75) is 44.9 Å². The molecule has 2 saturated heterocycles. The van der Waals surface area contributed by atoms with Gasteiger partial charge in [0.05, 0.1) is 0 Å². The van der Waals surface area contributed by atoms with Crippen LogP contribution in [0.5, 0.6) is 0 Å². The predicted molar refractivity (Wildman–Crippen MR) is 110 cm³/mol. The van der Waals surface area contributed by atoms with E-state index in [1.807, 2.05) is 6.20 Å². The summed E-state index contributed by atoms with van der Waals surface area (Å²) in [6, 6.07) is 8.91. The molecule has 0 spiro atoms. The number of nitrogens with one attached hydrogen (secondary N) is 1. The minimum atomic E-state index is 0.224. The molecule has 4 rings (SSSR count). The Labute approximate surface area is 163 Å². The number of rotatable bonds is 5. The summed E-state index contributed by atoms with van der Waals surface area (Å²) < 4.78 is 0. The van der Waals surface area contributed by atoms with Crippen molar-refractivity contribution in [3.8, 4) is 11.3 Å². The molecule has 0 radical (unpaired) electrons. The maximum atomic E-state index is 4.18. The van der Waals surface area contributed by atoms with Crippen LogP contribution in [0.15, 0.2) is 30.5 Å². The van der Waals surface area contributed by atoms with Gasteiger partial charge in [-0.15, -0.1) is 5.10 Å². The van der Waals surface area contributed by atoms with Crippen LogP contribution >= 0.6 is 0 Å². The number of likely N-dealkylation sites (tertiary alicyclic amines) is 2. The molecule has 0 bridgehead atoms. The van der Waals surface area contributed by atoms with E-state index >= 15 is 0 Å². The number of piperidine rings is 2. The van der Waals surface area contributed by atoms with Crippen molar-refractivity contribution in [1.82, 2.24) is 25.2 Å². The number of hydrogen-bond acceptors (Lipinski definition) is 4. The smallest absolute Gasteiger partial charge is 0.112 e. The molecule has 3 heterocycles. The summed E-state index contributed by atoms with van der Waals surface area (Å²) in [7, 11) is 0. The number of nitrogens with zero attached hydrogens (tertiary/aromatic N) is 4. The van der Waals surface area contributed by atoms with Crippen LogP contribution in [0.3, 0.4) is 0 Å². The molecule has 1 N–H and O–H groups in total. The number of benzene rings is 1. The zero-order valence-corrected chi connectivity index (χ0v) is 16.8. The van der Waals surface area contributed by atoms with Gasteiger partial charge in [-0.3, -0.25) is 5.10 Å². The van der Waals surface area contributed by atoms with E-state index in [0.717, 1.165) is 11.3 Å². The van der Waals surface area contributed by atoms with Crippen LogP contribution in [0.25, 0.3) is 11.3 Å². The van der Waals surface area contributed by atoms with Crippen LogP contribution in [-0.2, 0) is 5.41 Å². The second-order valence-electron chi connectivity index (χ2n) is 8.71. The number of aromatic nitrogens is 3. The van der Waals surface area contributed by atoms with Gasteiger partial charge >= 0.3 is 0 Å². The Morgan fingerprint density at radius 3 is 2.67 bits per heavy atom. The van der Waals surface area contributed by atoms with Crippen molar-refractivity contribution >= 4 is 0 Å². The van der Waals surface area contributed by atoms with Crippen molar-refractivity contribution in [3.05, 3.63) is 36.0 Å². The van der Waals surface area contributed by atoms with Crippen LogP contribution in [0.4, 0.5) is 0 Å². The van der Waals surface area contributed by atoms with Crippen LogP contribution in [-0.4, -0.2) is 64.5 Å². The first-order valence-corrected chi connectivity index (χ1v) is 10.6. The van der Waals surface area contributed by atoms with Crippen LogP contribution < -0.4 is 0 Å². The fraction of sp³-hybridized carbons (Fsp3) is 0.636. The predicted octanol–water partition coefficient (Wildman–Crippen LogP) is 3.56. The Morgan fingerprint density at radius 2 is 1.93 bits per heavy atom. The van der Waals surface area contributed by atoms with Gasteiger partial charge in [-0.05, 0) is 61.9 Å². The molecule has 2 fully saturated rings. The molecule has 5 nitrogen and oxygen atoms in total. The quantitative estimate of drug-likeness (QED) is 0.878. The number of aromatic amines is 1. The highest BCUT2D eigenvalue weighted by Crippen LogP contribution is 2.40. The summed E-state index contributed by atoms with van der Waals surface area (Å²) in [5.41, 5.74) is 3.74. The first-order valence-electron chi connectivity index (χ1n) is 10.6. The third kappa shape index (κ3) is 4.09. The molecule has 2 aliphatic rings. The fourth-order valence-corrected chi connectivity index (χ4v) is 4.79. The lowest BCUT2D eigenvalue weighted by molar-refractivity contribution is 0.0953. The zero-order chi connectivity index (χ0) is 18.7. The standard InChI is InChI=1S/C22H33N5/c1-18-17-27(14-13-26-10-4-3-5-11-26)12-9-22(18,2)20-8-6-7-19(15-20)21-16-23-25-24-21/h6-8,15-16,18H,3-5,9-14,17H2,1-2H3,(H,23,24,25). The van der Waals surface area contributed by atoms with Gasteiger partial charge in [-0.1, -0.05) is 43.7 Å². The SMILES string of the molecule is CC1CN(CCN2CCCCC2)CCC1(C)c1cccc(-c2c[nH]nn2)c1. The second kappa shape index (κ2) is 8.11. The first-order chi connectivity index (χ1) is 13.1. The minimum absolute atomic E-state index is 0.224. The first kappa shape index (κ1) is 18.6.